The predicted molar refractivity (Wildman–Crippen MR) is 91.9 cm³/mol. The number of hydrogen-bond acceptors (Lipinski definition) is 2. The second-order valence-electron chi connectivity index (χ2n) is 5.14. The Morgan fingerprint density at radius 3 is 2.22 bits per heavy atom. The van der Waals surface area contributed by atoms with Crippen LogP contribution in [0.1, 0.15) is 5.69 Å². The van der Waals surface area contributed by atoms with Crippen molar-refractivity contribution in [2.45, 2.75) is 6.42 Å². The first-order valence-corrected chi connectivity index (χ1v) is 7.81. The minimum Gasteiger partial charge on any atom is -0.508 e. The van der Waals surface area contributed by atoms with E-state index in [9.17, 15) is 9.90 Å². The molecule has 0 amide bonds. The van der Waals surface area contributed by atoms with Crippen LogP contribution in [-0.2, 0) is 11.2 Å². The molecular weight excluding hydrogens is 358 g/mol. The van der Waals surface area contributed by atoms with Gasteiger partial charge in [0.1, 0.15) is 5.75 Å². The Labute approximate surface area is 141 Å². The molecule has 3 aromatic rings. The average molecular weight is 372 g/mol. The standard InChI is InChI=1S/C18H14BrNO3/c19-13-3-1-12(2-4-13)17-10-7-15(11-18(22)23)20(17)14-5-8-16(21)9-6-14/h1-10,21H,11H2,(H,22,23). The summed E-state index contributed by atoms with van der Waals surface area (Å²) in [6.45, 7) is 0. The fraction of sp³-hybridized carbons (Fsp3) is 0.0556. The molecule has 0 aliphatic carbocycles. The second kappa shape index (κ2) is 6.30. The van der Waals surface area contributed by atoms with Crippen LogP contribution in [0.5, 0.6) is 5.75 Å². The number of phenols is 1. The molecule has 4 nitrogen and oxygen atoms in total. The van der Waals surface area contributed by atoms with E-state index in [0.29, 0.717) is 5.69 Å². The lowest BCUT2D eigenvalue weighted by Gasteiger charge is -2.13. The summed E-state index contributed by atoms with van der Waals surface area (Å²) in [5, 5.41) is 18.6. The van der Waals surface area contributed by atoms with Crippen molar-refractivity contribution in [2.24, 2.45) is 0 Å². The summed E-state index contributed by atoms with van der Waals surface area (Å²) in [4.78, 5) is 11.1. The van der Waals surface area contributed by atoms with E-state index in [1.165, 1.54) is 0 Å². The Kier molecular flexibility index (Phi) is 4.21. The number of halogens is 1. The highest BCUT2D eigenvalue weighted by Gasteiger charge is 2.14. The van der Waals surface area contributed by atoms with Gasteiger partial charge in [0.05, 0.1) is 12.1 Å². The van der Waals surface area contributed by atoms with E-state index in [4.69, 9.17) is 5.11 Å². The summed E-state index contributed by atoms with van der Waals surface area (Å²) in [5.74, 6) is -0.712. The van der Waals surface area contributed by atoms with Crippen molar-refractivity contribution in [1.29, 1.82) is 0 Å². The molecule has 3 rings (SSSR count). The summed E-state index contributed by atoms with van der Waals surface area (Å²) in [5.41, 5.74) is 3.38. The molecule has 116 valence electrons. The summed E-state index contributed by atoms with van der Waals surface area (Å²) in [6.07, 6.45) is -0.0720. The highest BCUT2D eigenvalue weighted by Crippen LogP contribution is 2.29. The van der Waals surface area contributed by atoms with Gasteiger partial charge in [-0.25, -0.2) is 0 Å². The van der Waals surface area contributed by atoms with Crippen molar-refractivity contribution in [1.82, 2.24) is 4.57 Å². The zero-order valence-corrected chi connectivity index (χ0v) is 13.7. The minimum absolute atomic E-state index is 0.0720. The molecule has 0 fully saturated rings. The predicted octanol–water partition coefficient (Wildman–Crippen LogP) is 4.24. The fourth-order valence-corrected chi connectivity index (χ4v) is 2.79. The Morgan fingerprint density at radius 2 is 1.61 bits per heavy atom. The molecule has 23 heavy (non-hydrogen) atoms. The summed E-state index contributed by atoms with van der Waals surface area (Å²) >= 11 is 3.42. The smallest absolute Gasteiger partial charge is 0.309 e. The van der Waals surface area contributed by atoms with Crippen molar-refractivity contribution in [3.05, 3.63) is 70.8 Å². The Balaban J connectivity index is 2.16. The molecule has 0 saturated carbocycles. The number of aliphatic carboxylic acids is 1. The molecule has 0 aliphatic heterocycles. The molecule has 0 atom stereocenters. The first kappa shape index (κ1) is 15.4. The SMILES string of the molecule is O=C(O)Cc1ccc(-c2ccc(Br)cc2)n1-c1ccc(O)cc1. The van der Waals surface area contributed by atoms with E-state index in [-0.39, 0.29) is 12.2 Å². The first-order valence-electron chi connectivity index (χ1n) is 7.02. The maximum atomic E-state index is 11.1. The molecule has 1 heterocycles. The lowest BCUT2D eigenvalue weighted by molar-refractivity contribution is -0.136. The number of carbonyl (C=O) groups is 1. The number of phenolic OH excluding ortho intramolecular Hbond substituents is 1. The van der Waals surface area contributed by atoms with Crippen LogP contribution in [-0.4, -0.2) is 20.7 Å². The minimum atomic E-state index is -0.884. The number of hydrogen-bond donors (Lipinski definition) is 2. The maximum Gasteiger partial charge on any atom is 0.309 e. The van der Waals surface area contributed by atoms with Crippen LogP contribution < -0.4 is 0 Å². The van der Waals surface area contributed by atoms with Gasteiger partial charge in [-0.3, -0.25) is 4.79 Å². The van der Waals surface area contributed by atoms with Crippen molar-refractivity contribution in [2.75, 3.05) is 0 Å². The molecule has 0 spiro atoms. The van der Waals surface area contributed by atoms with Crippen LogP contribution in [0.25, 0.3) is 16.9 Å². The molecule has 2 aromatic carbocycles. The third-order valence-corrected chi connectivity index (χ3v) is 4.07. The number of aromatic hydroxyl groups is 1. The Bertz CT molecular complexity index is 836. The van der Waals surface area contributed by atoms with Crippen LogP contribution in [0.2, 0.25) is 0 Å². The molecule has 0 unspecified atom stereocenters. The number of carboxylic acids is 1. The van der Waals surface area contributed by atoms with E-state index >= 15 is 0 Å². The maximum absolute atomic E-state index is 11.1. The van der Waals surface area contributed by atoms with Crippen molar-refractivity contribution in [3.63, 3.8) is 0 Å². The first-order chi connectivity index (χ1) is 11.0. The van der Waals surface area contributed by atoms with Gasteiger partial charge in [-0.1, -0.05) is 28.1 Å². The van der Waals surface area contributed by atoms with Crippen LogP contribution >= 0.6 is 15.9 Å². The van der Waals surface area contributed by atoms with Gasteiger partial charge in [0.25, 0.3) is 0 Å². The third-order valence-electron chi connectivity index (χ3n) is 3.54. The van der Waals surface area contributed by atoms with Gasteiger partial charge in [0.15, 0.2) is 0 Å². The second-order valence-corrected chi connectivity index (χ2v) is 6.05. The van der Waals surface area contributed by atoms with Gasteiger partial charge in [0, 0.05) is 15.9 Å². The van der Waals surface area contributed by atoms with E-state index in [2.05, 4.69) is 15.9 Å². The molecule has 0 saturated heterocycles. The van der Waals surface area contributed by atoms with Gasteiger partial charge in [0.2, 0.25) is 0 Å². The van der Waals surface area contributed by atoms with Gasteiger partial charge < -0.3 is 14.8 Å². The highest BCUT2D eigenvalue weighted by atomic mass is 79.9. The van der Waals surface area contributed by atoms with Crippen molar-refractivity contribution >= 4 is 21.9 Å². The van der Waals surface area contributed by atoms with Crippen molar-refractivity contribution in [3.8, 4) is 22.7 Å². The van der Waals surface area contributed by atoms with Gasteiger partial charge in [-0.15, -0.1) is 0 Å². The lowest BCUT2D eigenvalue weighted by Crippen LogP contribution is -2.07. The largest absolute Gasteiger partial charge is 0.508 e. The van der Waals surface area contributed by atoms with Crippen molar-refractivity contribution < 1.29 is 15.0 Å². The topological polar surface area (TPSA) is 62.5 Å². The van der Waals surface area contributed by atoms with Crippen LogP contribution in [0, 0.1) is 0 Å². The normalized spacial score (nSPS) is 10.7. The van der Waals surface area contributed by atoms with Crippen LogP contribution in [0.3, 0.4) is 0 Å². The fourth-order valence-electron chi connectivity index (χ4n) is 2.52. The zero-order valence-electron chi connectivity index (χ0n) is 12.1. The number of carboxylic acid groups (broad SMARTS) is 1. The molecule has 0 radical (unpaired) electrons. The number of rotatable bonds is 4. The Hall–Kier alpha value is -2.53. The quantitative estimate of drug-likeness (QED) is 0.720. The summed E-state index contributed by atoms with van der Waals surface area (Å²) < 4.78 is 2.88. The van der Waals surface area contributed by atoms with E-state index in [0.717, 1.165) is 21.4 Å². The molecule has 0 bridgehead atoms. The molecule has 5 heteroatoms. The Morgan fingerprint density at radius 1 is 0.957 bits per heavy atom. The summed E-state index contributed by atoms with van der Waals surface area (Å²) in [6, 6.07) is 18.3. The molecule has 1 aromatic heterocycles. The molecule has 2 N–H and O–H groups in total. The van der Waals surface area contributed by atoms with E-state index < -0.39 is 5.97 Å². The monoisotopic (exact) mass is 371 g/mol. The molecular formula is C18H14BrNO3. The van der Waals surface area contributed by atoms with Crippen LogP contribution in [0.15, 0.2) is 65.1 Å². The van der Waals surface area contributed by atoms with Gasteiger partial charge in [-0.05, 0) is 54.1 Å². The third kappa shape index (κ3) is 3.29. The van der Waals surface area contributed by atoms with Gasteiger partial charge >= 0.3 is 5.97 Å². The number of nitrogens with zero attached hydrogens (tertiary/aromatic N) is 1. The lowest BCUT2D eigenvalue weighted by atomic mass is 10.1. The number of aromatic nitrogens is 1. The zero-order chi connectivity index (χ0) is 16.4. The van der Waals surface area contributed by atoms with Gasteiger partial charge in [-0.2, -0.15) is 0 Å². The van der Waals surface area contributed by atoms with E-state index in [1.54, 1.807) is 24.3 Å². The summed E-state index contributed by atoms with van der Waals surface area (Å²) in [7, 11) is 0. The average Bonchev–Trinajstić information content (AvgIpc) is 2.92. The molecule has 0 aliphatic rings. The highest BCUT2D eigenvalue weighted by molar-refractivity contribution is 9.10. The van der Waals surface area contributed by atoms with Crippen LogP contribution in [0.4, 0.5) is 0 Å². The van der Waals surface area contributed by atoms with E-state index in [1.807, 2.05) is 41.0 Å². The number of benzene rings is 2.